The van der Waals surface area contributed by atoms with Gasteiger partial charge in [0.25, 0.3) is 5.89 Å². The average molecular weight is 393 g/mol. The van der Waals surface area contributed by atoms with Crippen LogP contribution in [0.25, 0.3) is 22.6 Å². The maximum absolute atomic E-state index is 12.3. The Labute approximate surface area is 166 Å². The fraction of sp³-hybridized carbons (Fsp3) is 0.190. The van der Waals surface area contributed by atoms with Gasteiger partial charge in [0.2, 0.25) is 5.91 Å². The fourth-order valence-electron chi connectivity index (χ4n) is 2.89. The van der Waals surface area contributed by atoms with Gasteiger partial charge in [-0.3, -0.25) is 10.1 Å². The summed E-state index contributed by atoms with van der Waals surface area (Å²) in [5, 5.41) is 11.3. The van der Waals surface area contributed by atoms with E-state index in [0.29, 0.717) is 23.7 Å². The number of hydrogen-bond acceptors (Lipinski definition) is 7. The molecule has 4 aromatic rings. The zero-order valence-corrected chi connectivity index (χ0v) is 16.0. The van der Waals surface area contributed by atoms with E-state index in [1.54, 1.807) is 19.2 Å². The number of ether oxygens (including phenoxy) is 2. The van der Waals surface area contributed by atoms with Gasteiger partial charge in [0.1, 0.15) is 5.75 Å². The van der Waals surface area contributed by atoms with E-state index in [9.17, 15) is 4.79 Å². The fourth-order valence-corrected chi connectivity index (χ4v) is 2.89. The van der Waals surface area contributed by atoms with Gasteiger partial charge in [-0.1, -0.05) is 29.4 Å². The summed E-state index contributed by atoms with van der Waals surface area (Å²) in [6.45, 7) is 2.51. The summed E-state index contributed by atoms with van der Waals surface area (Å²) in [4.78, 5) is 12.3. The molecule has 1 N–H and O–H groups in total. The van der Waals surface area contributed by atoms with Gasteiger partial charge in [0.05, 0.1) is 20.1 Å². The van der Waals surface area contributed by atoms with Gasteiger partial charge in [0.15, 0.2) is 17.1 Å². The lowest BCUT2D eigenvalue weighted by atomic mass is 10.1. The maximum Gasteiger partial charge on any atom is 0.322 e. The zero-order chi connectivity index (χ0) is 20.2. The number of amides is 1. The molecule has 2 heterocycles. The van der Waals surface area contributed by atoms with Crippen LogP contribution in [0.15, 0.2) is 57.4 Å². The third kappa shape index (κ3) is 4.06. The topological polar surface area (TPSA) is 99.6 Å². The molecule has 8 nitrogen and oxygen atoms in total. The van der Waals surface area contributed by atoms with Gasteiger partial charge < -0.3 is 18.3 Å². The first-order valence-corrected chi connectivity index (χ1v) is 9.08. The highest BCUT2D eigenvalue weighted by Crippen LogP contribution is 2.33. The first-order valence-electron chi connectivity index (χ1n) is 9.08. The van der Waals surface area contributed by atoms with E-state index in [0.717, 1.165) is 16.7 Å². The number of nitrogens with one attached hydrogen (secondary N) is 1. The van der Waals surface area contributed by atoms with Crippen molar-refractivity contribution in [3.05, 3.63) is 54.1 Å². The number of anilines is 1. The molecular formula is C21H19N3O5. The number of para-hydroxylation sites is 1. The first-order chi connectivity index (χ1) is 14.2. The number of hydrogen-bond donors (Lipinski definition) is 1. The van der Waals surface area contributed by atoms with Crippen molar-refractivity contribution in [1.29, 1.82) is 0 Å². The van der Waals surface area contributed by atoms with Crippen LogP contribution in [-0.4, -0.2) is 29.8 Å². The second-order valence-electron chi connectivity index (χ2n) is 6.20. The van der Waals surface area contributed by atoms with Crippen LogP contribution < -0.4 is 14.8 Å². The van der Waals surface area contributed by atoms with E-state index in [1.807, 2.05) is 43.3 Å². The number of benzene rings is 2. The molecule has 0 radical (unpaired) electrons. The van der Waals surface area contributed by atoms with Crippen molar-refractivity contribution in [1.82, 2.24) is 10.2 Å². The molecule has 0 spiro atoms. The Morgan fingerprint density at radius 1 is 1.10 bits per heavy atom. The van der Waals surface area contributed by atoms with E-state index in [2.05, 4.69) is 15.5 Å². The van der Waals surface area contributed by atoms with Crippen LogP contribution >= 0.6 is 0 Å². The van der Waals surface area contributed by atoms with Gasteiger partial charge in [-0.15, -0.1) is 5.10 Å². The highest BCUT2D eigenvalue weighted by atomic mass is 16.5. The van der Waals surface area contributed by atoms with Crippen LogP contribution in [0.4, 0.5) is 6.01 Å². The standard InChI is InChI=1S/C21H19N3O5/c1-3-27-15-9-7-13(8-10-15)11-18(25)22-21-24-23-20(29-21)17-12-14-5-4-6-16(26-2)19(14)28-17/h4-10,12H,3,11H2,1-2H3,(H,22,24,25). The molecule has 0 saturated heterocycles. The van der Waals surface area contributed by atoms with Gasteiger partial charge in [-0.25, -0.2) is 0 Å². The van der Waals surface area contributed by atoms with Gasteiger partial charge in [0, 0.05) is 5.39 Å². The lowest BCUT2D eigenvalue weighted by Gasteiger charge is -2.04. The minimum Gasteiger partial charge on any atom is -0.494 e. The van der Waals surface area contributed by atoms with E-state index in [1.165, 1.54) is 0 Å². The number of carbonyl (C=O) groups excluding carboxylic acids is 1. The Kier molecular flexibility index (Phi) is 5.15. The molecular weight excluding hydrogens is 374 g/mol. The lowest BCUT2D eigenvalue weighted by Crippen LogP contribution is -2.14. The predicted octanol–water partition coefficient (Wildman–Crippen LogP) is 4.07. The molecule has 2 aromatic heterocycles. The number of carbonyl (C=O) groups is 1. The number of fused-ring (bicyclic) bond motifs is 1. The quantitative estimate of drug-likeness (QED) is 0.505. The van der Waals surface area contributed by atoms with Crippen LogP contribution in [-0.2, 0) is 11.2 Å². The normalized spacial score (nSPS) is 10.8. The third-order valence-electron chi connectivity index (χ3n) is 4.21. The van der Waals surface area contributed by atoms with Crippen LogP contribution in [0.3, 0.4) is 0 Å². The molecule has 0 fully saturated rings. The van der Waals surface area contributed by atoms with Gasteiger partial charge in [-0.2, -0.15) is 0 Å². The van der Waals surface area contributed by atoms with E-state index in [-0.39, 0.29) is 24.2 Å². The second kappa shape index (κ2) is 8.05. The van der Waals surface area contributed by atoms with Gasteiger partial charge in [-0.05, 0) is 36.8 Å². The molecule has 148 valence electrons. The summed E-state index contributed by atoms with van der Waals surface area (Å²) in [6.07, 6.45) is 0.173. The molecule has 8 heteroatoms. The van der Waals surface area contributed by atoms with E-state index >= 15 is 0 Å². The van der Waals surface area contributed by atoms with E-state index < -0.39 is 0 Å². The summed E-state index contributed by atoms with van der Waals surface area (Å²) in [6, 6.07) is 14.7. The molecule has 0 atom stereocenters. The third-order valence-corrected chi connectivity index (χ3v) is 4.21. The molecule has 0 bridgehead atoms. The van der Waals surface area contributed by atoms with Crippen molar-refractivity contribution in [3.63, 3.8) is 0 Å². The Balaban J connectivity index is 1.44. The minimum absolute atomic E-state index is 0.00311. The van der Waals surface area contributed by atoms with Crippen LogP contribution in [0, 0.1) is 0 Å². The van der Waals surface area contributed by atoms with Crippen molar-refractivity contribution in [2.45, 2.75) is 13.3 Å². The molecule has 0 aliphatic heterocycles. The van der Waals surface area contributed by atoms with Crippen molar-refractivity contribution >= 4 is 22.9 Å². The maximum atomic E-state index is 12.3. The van der Waals surface area contributed by atoms with Crippen molar-refractivity contribution < 1.29 is 23.1 Å². The Morgan fingerprint density at radius 2 is 1.93 bits per heavy atom. The van der Waals surface area contributed by atoms with Crippen molar-refractivity contribution in [2.24, 2.45) is 0 Å². The molecule has 1 amide bonds. The van der Waals surface area contributed by atoms with Crippen LogP contribution in [0.2, 0.25) is 0 Å². The largest absolute Gasteiger partial charge is 0.494 e. The smallest absolute Gasteiger partial charge is 0.322 e. The zero-order valence-electron chi connectivity index (χ0n) is 16.0. The van der Waals surface area contributed by atoms with Crippen molar-refractivity contribution in [3.8, 4) is 23.1 Å². The molecule has 29 heavy (non-hydrogen) atoms. The number of aromatic nitrogens is 2. The lowest BCUT2D eigenvalue weighted by molar-refractivity contribution is -0.115. The predicted molar refractivity (Wildman–Crippen MR) is 106 cm³/mol. The first kappa shape index (κ1) is 18.5. The number of rotatable bonds is 7. The Bertz CT molecular complexity index is 1130. The summed E-state index contributed by atoms with van der Waals surface area (Å²) < 4.78 is 22.0. The minimum atomic E-state index is -0.268. The Morgan fingerprint density at radius 3 is 2.69 bits per heavy atom. The average Bonchev–Trinajstić information content (AvgIpc) is 3.36. The number of nitrogens with zero attached hydrogens (tertiary/aromatic N) is 2. The van der Waals surface area contributed by atoms with Gasteiger partial charge >= 0.3 is 6.01 Å². The van der Waals surface area contributed by atoms with Crippen LogP contribution in [0.1, 0.15) is 12.5 Å². The molecule has 2 aromatic carbocycles. The molecule has 4 rings (SSSR count). The summed E-state index contributed by atoms with van der Waals surface area (Å²) in [7, 11) is 1.57. The van der Waals surface area contributed by atoms with E-state index in [4.69, 9.17) is 18.3 Å². The SMILES string of the molecule is CCOc1ccc(CC(=O)Nc2nnc(-c3cc4cccc(OC)c4o3)o2)cc1. The summed E-state index contributed by atoms with van der Waals surface area (Å²) in [5.74, 6) is 1.66. The highest BCUT2D eigenvalue weighted by molar-refractivity contribution is 5.90. The molecule has 0 aliphatic carbocycles. The molecule has 0 unspecified atom stereocenters. The summed E-state index contributed by atoms with van der Waals surface area (Å²) >= 11 is 0. The summed E-state index contributed by atoms with van der Waals surface area (Å²) in [5.41, 5.74) is 1.43. The molecule has 0 saturated carbocycles. The van der Waals surface area contributed by atoms with Crippen LogP contribution in [0.5, 0.6) is 11.5 Å². The Hall–Kier alpha value is -3.81. The monoisotopic (exact) mass is 393 g/mol. The van der Waals surface area contributed by atoms with Crippen molar-refractivity contribution in [2.75, 3.05) is 19.0 Å². The highest BCUT2D eigenvalue weighted by Gasteiger charge is 2.17. The molecule has 0 aliphatic rings. The number of furan rings is 1. The number of methoxy groups -OCH3 is 1. The second-order valence-corrected chi connectivity index (χ2v) is 6.20.